The second-order valence-corrected chi connectivity index (χ2v) is 6.04. The summed E-state index contributed by atoms with van der Waals surface area (Å²) in [6.07, 6.45) is 1.92. The maximum atomic E-state index is 9.48. The Balaban J connectivity index is 1.76. The zero-order chi connectivity index (χ0) is 14.9. The molecule has 3 nitrogen and oxygen atoms in total. The van der Waals surface area contributed by atoms with E-state index in [1.165, 1.54) is 10.1 Å². The lowest BCUT2D eigenvalue weighted by Gasteiger charge is -2.01. The molecule has 0 N–H and O–H groups in total. The van der Waals surface area contributed by atoms with Crippen LogP contribution >= 0.6 is 11.3 Å². The van der Waals surface area contributed by atoms with E-state index in [4.69, 9.17) is 9.47 Å². The third kappa shape index (κ3) is 2.22. The van der Waals surface area contributed by atoms with Gasteiger partial charge in [0.05, 0.1) is 11.6 Å². The van der Waals surface area contributed by atoms with Crippen molar-refractivity contribution in [2.24, 2.45) is 0 Å². The highest BCUT2D eigenvalue weighted by Crippen LogP contribution is 2.35. The molecule has 0 saturated heterocycles. The second-order valence-electron chi connectivity index (χ2n) is 4.92. The predicted molar refractivity (Wildman–Crippen MR) is 87.9 cm³/mol. The predicted octanol–water partition coefficient (Wildman–Crippen LogP) is 4.69. The molecule has 0 unspecified atom stereocenters. The van der Waals surface area contributed by atoms with Crippen LogP contribution in [0, 0.1) is 11.3 Å². The van der Waals surface area contributed by atoms with Gasteiger partial charge in [0.25, 0.3) is 0 Å². The van der Waals surface area contributed by atoms with Gasteiger partial charge in [0.15, 0.2) is 11.5 Å². The lowest BCUT2D eigenvalue weighted by atomic mass is 10.1. The fraction of sp³-hybridized carbons (Fsp3) is 0.0556. The molecular formula is C18H11NO2S. The van der Waals surface area contributed by atoms with Crippen LogP contribution in [0.25, 0.3) is 21.7 Å². The largest absolute Gasteiger partial charge is 0.454 e. The van der Waals surface area contributed by atoms with E-state index in [2.05, 4.69) is 24.3 Å². The first-order chi connectivity index (χ1) is 10.8. The Hall–Kier alpha value is -2.77. The quantitative estimate of drug-likeness (QED) is 0.645. The molecule has 3 aromatic rings. The Morgan fingerprint density at radius 1 is 1.09 bits per heavy atom. The summed E-state index contributed by atoms with van der Waals surface area (Å²) in [5.41, 5.74) is 1.45. The van der Waals surface area contributed by atoms with Crippen LogP contribution in [-0.2, 0) is 0 Å². The molecule has 0 aliphatic carbocycles. The Kier molecular flexibility index (Phi) is 3.06. The smallest absolute Gasteiger partial charge is 0.231 e. The van der Waals surface area contributed by atoms with Crippen LogP contribution in [0.1, 0.15) is 10.4 Å². The number of allylic oxidation sites excluding steroid dienone is 1. The number of nitriles is 1. The Bertz CT molecular complexity index is 901. The summed E-state index contributed by atoms with van der Waals surface area (Å²) in [4.78, 5) is 1.07. The van der Waals surface area contributed by atoms with Gasteiger partial charge in [0.2, 0.25) is 6.79 Å². The van der Waals surface area contributed by atoms with Gasteiger partial charge in [-0.1, -0.05) is 18.2 Å². The minimum atomic E-state index is 0.237. The van der Waals surface area contributed by atoms with Gasteiger partial charge in [-0.3, -0.25) is 0 Å². The summed E-state index contributed by atoms with van der Waals surface area (Å²) in [5.74, 6) is 1.41. The van der Waals surface area contributed by atoms with Crippen molar-refractivity contribution in [3.8, 4) is 17.6 Å². The minimum absolute atomic E-state index is 0.237. The normalized spacial score (nSPS) is 13.3. The molecule has 1 aliphatic rings. The first kappa shape index (κ1) is 12.9. The highest BCUT2D eigenvalue weighted by molar-refractivity contribution is 7.19. The molecule has 0 fully saturated rings. The molecule has 106 valence electrons. The first-order valence-electron chi connectivity index (χ1n) is 6.84. The molecular weight excluding hydrogens is 294 g/mol. The molecule has 4 heteroatoms. The Morgan fingerprint density at radius 3 is 2.82 bits per heavy atom. The number of benzene rings is 2. The molecule has 2 aromatic carbocycles. The van der Waals surface area contributed by atoms with E-state index in [9.17, 15) is 5.26 Å². The number of hydrogen-bond donors (Lipinski definition) is 0. The van der Waals surface area contributed by atoms with Gasteiger partial charge in [-0.05, 0) is 47.4 Å². The van der Waals surface area contributed by atoms with E-state index in [0.717, 1.165) is 16.2 Å². The van der Waals surface area contributed by atoms with Crippen molar-refractivity contribution in [1.29, 1.82) is 5.26 Å². The van der Waals surface area contributed by atoms with E-state index in [-0.39, 0.29) is 6.79 Å². The van der Waals surface area contributed by atoms with Gasteiger partial charge in [0.1, 0.15) is 0 Å². The highest BCUT2D eigenvalue weighted by Gasteiger charge is 2.14. The number of thiophene rings is 1. The van der Waals surface area contributed by atoms with Crippen LogP contribution in [0.3, 0.4) is 0 Å². The van der Waals surface area contributed by atoms with Crippen molar-refractivity contribution < 1.29 is 9.47 Å². The number of ether oxygens (including phenoxy) is 2. The molecule has 1 aliphatic heterocycles. The van der Waals surface area contributed by atoms with Crippen molar-refractivity contribution in [3.63, 3.8) is 0 Å². The van der Waals surface area contributed by atoms with Crippen LogP contribution < -0.4 is 9.47 Å². The summed E-state index contributed by atoms with van der Waals surface area (Å²) in [6, 6.07) is 18.2. The summed E-state index contributed by atoms with van der Waals surface area (Å²) in [6.45, 7) is 0.237. The summed E-state index contributed by atoms with van der Waals surface area (Å²) in [5, 5.41) is 10.7. The summed E-state index contributed by atoms with van der Waals surface area (Å²) >= 11 is 1.68. The summed E-state index contributed by atoms with van der Waals surface area (Å²) in [7, 11) is 0. The molecule has 0 bridgehead atoms. The molecule has 0 saturated carbocycles. The third-order valence-electron chi connectivity index (χ3n) is 3.54. The monoisotopic (exact) mass is 305 g/mol. The maximum Gasteiger partial charge on any atom is 0.231 e. The van der Waals surface area contributed by atoms with Crippen molar-refractivity contribution in [3.05, 3.63) is 59.0 Å². The maximum absolute atomic E-state index is 9.48. The minimum Gasteiger partial charge on any atom is -0.454 e. The zero-order valence-corrected chi connectivity index (χ0v) is 12.4. The molecule has 1 aromatic heterocycles. The molecule has 2 heterocycles. The van der Waals surface area contributed by atoms with Crippen LogP contribution in [-0.4, -0.2) is 6.79 Å². The van der Waals surface area contributed by atoms with E-state index in [0.29, 0.717) is 11.3 Å². The lowest BCUT2D eigenvalue weighted by Crippen LogP contribution is -1.92. The van der Waals surface area contributed by atoms with Crippen molar-refractivity contribution in [1.82, 2.24) is 0 Å². The topological polar surface area (TPSA) is 42.2 Å². The van der Waals surface area contributed by atoms with Crippen molar-refractivity contribution in [2.75, 3.05) is 6.79 Å². The van der Waals surface area contributed by atoms with E-state index >= 15 is 0 Å². The number of fused-ring (bicyclic) bond motifs is 2. The standard InChI is InChI=1S/C18H11NO2S/c19-10-14(12-5-6-16-17(9-12)21-11-20-16)8-15-7-13-3-1-2-4-18(13)22-15/h1-9H,11H2/b14-8+. The van der Waals surface area contributed by atoms with Crippen LogP contribution in [0.4, 0.5) is 0 Å². The Morgan fingerprint density at radius 2 is 1.95 bits per heavy atom. The zero-order valence-electron chi connectivity index (χ0n) is 11.6. The molecule has 4 rings (SSSR count). The number of hydrogen-bond acceptors (Lipinski definition) is 4. The molecule has 0 amide bonds. The third-order valence-corrected chi connectivity index (χ3v) is 4.60. The average Bonchev–Trinajstić information content (AvgIpc) is 3.17. The van der Waals surface area contributed by atoms with Crippen LogP contribution in [0.2, 0.25) is 0 Å². The number of nitrogens with zero attached hydrogens (tertiary/aromatic N) is 1. The second kappa shape index (κ2) is 5.21. The van der Waals surface area contributed by atoms with Gasteiger partial charge in [-0.2, -0.15) is 5.26 Å². The van der Waals surface area contributed by atoms with E-state index in [1.54, 1.807) is 11.3 Å². The Labute approximate surface area is 131 Å². The SMILES string of the molecule is N#C/C(=C\c1cc2ccccc2s1)c1ccc2c(c1)OCO2. The molecule has 22 heavy (non-hydrogen) atoms. The van der Waals surface area contributed by atoms with Gasteiger partial charge < -0.3 is 9.47 Å². The van der Waals surface area contributed by atoms with Crippen molar-refractivity contribution in [2.45, 2.75) is 0 Å². The summed E-state index contributed by atoms with van der Waals surface area (Å²) < 4.78 is 11.9. The molecule has 0 atom stereocenters. The van der Waals surface area contributed by atoms with Gasteiger partial charge in [-0.15, -0.1) is 11.3 Å². The van der Waals surface area contributed by atoms with Gasteiger partial charge in [-0.25, -0.2) is 0 Å². The fourth-order valence-electron chi connectivity index (χ4n) is 2.46. The lowest BCUT2D eigenvalue weighted by molar-refractivity contribution is 0.174. The molecule has 0 spiro atoms. The van der Waals surface area contributed by atoms with Gasteiger partial charge >= 0.3 is 0 Å². The fourth-order valence-corrected chi connectivity index (χ4v) is 3.47. The van der Waals surface area contributed by atoms with Gasteiger partial charge in [0, 0.05) is 9.58 Å². The average molecular weight is 305 g/mol. The van der Waals surface area contributed by atoms with Crippen LogP contribution in [0.15, 0.2) is 48.5 Å². The number of rotatable bonds is 2. The first-order valence-corrected chi connectivity index (χ1v) is 7.65. The van der Waals surface area contributed by atoms with E-state index in [1.807, 2.05) is 36.4 Å². The van der Waals surface area contributed by atoms with Crippen LogP contribution in [0.5, 0.6) is 11.5 Å². The van der Waals surface area contributed by atoms with E-state index < -0.39 is 0 Å². The molecule has 0 radical (unpaired) electrons. The highest BCUT2D eigenvalue weighted by atomic mass is 32.1. The van der Waals surface area contributed by atoms with Crippen molar-refractivity contribution >= 4 is 33.1 Å².